The molecule has 1 aromatic rings. The maximum Gasteiger partial charge on any atom is 0.430 e. The van der Waals surface area contributed by atoms with Crippen molar-refractivity contribution in [2.45, 2.75) is 18.0 Å². The third-order valence-corrected chi connectivity index (χ3v) is 2.37. The zero-order valence-corrected chi connectivity index (χ0v) is 10.5. The average Bonchev–Trinajstić information content (AvgIpc) is 2.37. The summed E-state index contributed by atoms with van der Waals surface area (Å²) >= 11 is 0. The van der Waals surface area contributed by atoms with Gasteiger partial charge in [0.25, 0.3) is 5.60 Å². The summed E-state index contributed by atoms with van der Waals surface area (Å²) in [5, 5.41) is 17.5. The Hall–Kier alpha value is -1.81. The molecular weight excluding hydrogens is 308 g/mol. The van der Waals surface area contributed by atoms with E-state index in [9.17, 15) is 31.1 Å². The number of carboxylic acid groups (broad SMARTS) is 1. The number of hydrogen-bond acceptors (Lipinski definition) is 3. The van der Waals surface area contributed by atoms with E-state index >= 15 is 0 Å². The number of aromatic carboxylic acids is 1. The Labute approximate surface area is 114 Å². The Bertz CT molecular complexity index is 466. The number of nitrogens with two attached hydrogens (primary N) is 1. The highest BCUT2D eigenvalue weighted by Gasteiger charge is 2.71. The first kappa shape index (κ1) is 19.2. The van der Waals surface area contributed by atoms with E-state index < -0.39 is 35.0 Å². The molecule has 0 amide bonds. The summed E-state index contributed by atoms with van der Waals surface area (Å²) in [7, 11) is 1.50. The SMILES string of the molecule is CN.O=C(O)c1ccc(C(O)(C(F)(F)F)C(F)(F)F)cc1. The van der Waals surface area contributed by atoms with Crippen LogP contribution in [-0.4, -0.2) is 35.6 Å². The van der Waals surface area contributed by atoms with E-state index in [2.05, 4.69) is 5.73 Å². The van der Waals surface area contributed by atoms with Crippen LogP contribution in [0.4, 0.5) is 26.3 Å². The van der Waals surface area contributed by atoms with Gasteiger partial charge in [0.15, 0.2) is 0 Å². The van der Waals surface area contributed by atoms with E-state index in [1.165, 1.54) is 7.05 Å². The molecule has 0 aliphatic carbocycles. The Kier molecular flexibility index (Phi) is 5.76. The van der Waals surface area contributed by atoms with E-state index in [0.29, 0.717) is 12.1 Å². The quantitative estimate of drug-likeness (QED) is 0.730. The molecule has 0 aliphatic heterocycles. The number of benzene rings is 1. The van der Waals surface area contributed by atoms with Gasteiger partial charge in [0.1, 0.15) is 0 Å². The number of carboxylic acids is 1. The normalized spacial score (nSPS) is 12.4. The highest BCUT2D eigenvalue weighted by molar-refractivity contribution is 5.87. The molecule has 0 aliphatic rings. The van der Waals surface area contributed by atoms with Gasteiger partial charge >= 0.3 is 18.3 Å². The minimum absolute atomic E-state index is 0.268. The second-order valence-electron chi connectivity index (χ2n) is 3.59. The predicted octanol–water partition coefficient (Wildman–Crippen LogP) is 2.27. The molecular formula is C11H11F6NO3. The summed E-state index contributed by atoms with van der Waals surface area (Å²) in [6.07, 6.45) is -12.0. The molecule has 10 heteroatoms. The highest BCUT2D eigenvalue weighted by Crippen LogP contribution is 2.49. The van der Waals surface area contributed by atoms with E-state index in [-0.39, 0.29) is 12.1 Å². The fraction of sp³-hybridized carbons (Fsp3) is 0.364. The van der Waals surface area contributed by atoms with Gasteiger partial charge in [0.05, 0.1) is 5.56 Å². The highest BCUT2D eigenvalue weighted by atomic mass is 19.4. The number of rotatable bonds is 2. The molecule has 0 fully saturated rings. The van der Waals surface area contributed by atoms with Gasteiger partial charge in [-0.25, -0.2) is 4.79 Å². The van der Waals surface area contributed by atoms with Crippen LogP contribution in [0.25, 0.3) is 0 Å². The Morgan fingerprint density at radius 1 is 0.952 bits per heavy atom. The number of carbonyl (C=O) groups is 1. The lowest BCUT2D eigenvalue weighted by molar-refractivity contribution is -0.376. The first-order valence-electron chi connectivity index (χ1n) is 5.18. The van der Waals surface area contributed by atoms with Gasteiger partial charge in [0, 0.05) is 5.56 Å². The van der Waals surface area contributed by atoms with Crippen LogP contribution in [0.1, 0.15) is 15.9 Å². The van der Waals surface area contributed by atoms with Crippen molar-refractivity contribution in [1.82, 2.24) is 0 Å². The van der Waals surface area contributed by atoms with Crippen LogP contribution in [0.3, 0.4) is 0 Å². The fourth-order valence-electron chi connectivity index (χ4n) is 1.34. The minimum atomic E-state index is -5.99. The van der Waals surface area contributed by atoms with Crippen molar-refractivity contribution >= 4 is 5.97 Å². The standard InChI is InChI=1S/C10H6F6O3.CH5N/c11-9(12,13)8(19,10(14,15)16)6-3-1-5(2-4-6)7(17)18;1-2/h1-4,19H,(H,17,18);2H2,1H3. The Balaban J connectivity index is 0.00000191. The topological polar surface area (TPSA) is 83.6 Å². The molecule has 21 heavy (non-hydrogen) atoms. The molecule has 0 saturated heterocycles. The lowest BCUT2D eigenvalue weighted by Gasteiger charge is -2.32. The van der Waals surface area contributed by atoms with Crippen molar-refractivity contribution < 1.29 is 41.4 Å². The summed E-state index contributed by atoms with van der Waals surface area (Å²) in [6, 6.07) is 1.62. The molecule has 0 spiro atoms. The Morgan fingerprint density at radius 2 is 1.29 bits per heavy atom. The smallest absolute Gasteiger partial charge is 0.430 e. The van der Waals surface area contributed by atoms with Gasteiger partial charge in [-0.3, -0.25) is 0 Å². The first-order valence-corrected chi connectivity index (χ1v) is 5.18. The van der Waals surface area contributed by atoms with Crippen LogP contribution in [0.2, 0.25) is 0 Å². The third kappa shape index (κ3) is 3.64. The Morgan fingerprint density at radius 3 is 1.52 bits per heavy atom. The zero-order valence-electron chi connectivity index (χ0n) is 10.5. The van der Waals surface area contributed by atoms with E-state index in [4.69, 9.17) is 10.2 Å². The molecule has 0 aromatic heterocycles. The summed E-state index contributed by atoms with van der Waals surface area (Å²) in [5.74, 6) is -1.52. The molecule has 1 rings (SSSR count). The molecule has 0 radical (unpaired) electrons. The van der Waals surface area contributed by atoms with Gasteiger partial charge < -0.3 is 15.9 Å². The van der Waals surface area contributed by atoms with E-state index in [1.807, 2.05) is 0 Å². The maximum absolute atomic E-state index is 12.5. The number of halogens is 6. The van der Waals surface area contributed by atoms with Crippen LogP contribution in [0, 0.1) is 0 Å². The molecule has 4 nitrogen and oxygen atoms in total. The fourth-order valence-corrected chi connectivity index (χ4v) is 1.34. The minimum Gasteiger partial charge on any atom is -0.478 e. The van der Waals surface area contributed by atoms with Crippen molar-refractivity contribution in [3.63, 3.8) is 0 Å². The molecule has 0 unspecified atom stereocenters. The molecule has 0 atom stereocenters. The molecule has 4 N–H and O–H groups in total. The van der Waals surface area contributed by atoms with Gasteiger partial charge in [-0.2, -0.15) is 26.3 Å². The van der Waals surface area contributed by atoms with Gasteiger partial charge in [-0.1, -0.05) is 12.1 Å². The molecule has 120 valence electrons. The second-order valence-corrected chi connectivity index (χ2v) is 3.59. The number of alkyl halides is 6. The van der Waals surface area contributed by atoms with Crippen LogP contribution in [-0.2, 0) is 5.60 Å². The summed E-state index contributed by atoms with van der Waals surface area (Å²) in [5.41, 5.74) is -2.55. The summed E-state index contributed by atoms with van der Waals surface area (Å²) < 4.78 is 74.8. The van der Waals surface area contributed by atoms with Gasteiger partial charge in [0.2, 0.25) is 0 Å². The van der Waals surface area contributed by atoms with Crippen LogP contribution >= 0.6 is 0 Å². The molecule has 0 heterocycles. The van der Waals surface area contributed by atoms with Crippen LogP contribution in [0.15, 0.2) is 24.3 Å². The largest absolute Gasteiger partial charge is 0.478 e. The number of aliphatic hydroxyl groups is 1. The first-order chi connectivity index (χ1) is 9.41. The average molecular weight is 319 g/mol. The molecule has 0 saturated carbocycles. The van der Waals surface area contributed by atoms with Crippen molar-refractivity contribution in [2.75, 3.05) is 7.05 Å². The predicted molar refractivity (Wildman–Crippen MR) is 59.5 cm³/mol. The van der Waals surface area contributed by atoms with E-state index in [1.54, 1.807) is 0 Å². The molecule has 1 aromatic carbocycles. The monoisotopic (exact) mass is 319 g/mol. The summed E-state index contributed by atoms with van der Waals surface area (Å²) in [4.78, 5) is 10.4. The van der Waals surface area contributed by atoms with E-state index in [0.717, 1.165) is 0 Å². The van der Waals surface area contributed by atoms with Crippen molar-refractivity contribution in [2.24, 2.45) is 5.73 Å². The zero-order chi connectivity index (χ0) is 17.1. The maximum atomic E-state index is 12.5. The van der Waals surface area contributed by atoms with Crippen molar-refractivity contribution in [3.05, 3.63) is 35.4 Å². The van der Waals surface area contributed by atoms with Crippen molar-refractivity contribution in [3.8, 4) is 0 Å². The van der Waals surface area contributed by atoms with Gasteiger partial charge in [-0.15, -0.1) is 0 Å². The molecule has 0 bridgehead atoms. The number of hydrogen-bond donors (Lipinski definition) is 3. The van der Waals surface area contributed by atoms with Gasteiger partial charge in [-0.05, 0) is 19.2 Å². The third-order valence-electron chi connectivity index (χ3n) is 2.37. The lowest BCUT2D eigenvalue weighted by Crippen LogP contribution is -2.53. The van der Waals surface area contributed by atoms with Crippen LogP contribution in [0.5, 0.6) is 0 Å². The van der Waals surface area contributed by atoms with Crippen molar-refractivity contribution in [1.29, 1.82) is 0 Å². The lowest BCUT2D eigenvalue weighted by atomic mass is 9.91. The summed E-state index contributed by atoms with van der Waals surface area (Å²) in [6.45, 7) is 0. The second kappa shape index (κ2) is 6.31. The van der Waals surface area contributed by atoms with Crippen LogP contribution < -0.4 is 5.73 Å².